The first-order chi connectivity index (χ1) is 12.0. The Hall–Kier alpha value is -2.30. The number of para-hydroxylation sites is 1. The summed E-state index contributed by atoms with van der Waals surface area (Å²) >= 11 is 5.94. The van der Waals surface area contributed by atoms with Crippen LogP contribution >= 0.6 is 11.6 Å². The maximum atomic E-state index is 12.0. The predicted octanol–water partition coefficient (Wildman–Crippen LogP) is 3.61. The quantitative estimate of drug-likeness (QED) is 0.708. The van der Waals surface area contributed by atoms with Gasteiger partial charge in [0, 0.05) is 47.7 Å². The molecule has 1 aromatic heterocycles. The Balaban J connectivity index is 1.56. The Kier molecular flexibility index (Phi) is 5.41. The van der Waals surface area contributed by atoms with Gasteiger partial charge in [-0.15, -0.1) is 0 Å². The number of halogens is 1. The van der Waals surface area contributed by atoms with Crippen LogP contribution in [-0.4, -0.2) is 22.1 Å². The number of fused-ring (bicyclic) bond motifs is 1. The molecule has 0 aliphatic heterocycles. The molecular weight excluding hydrogens is 336 g/mol. The van der Waals surface area contributed by atoms with Crippen molar-refractivity contribution in [2.75, 3.05) is 6.54 Å². The number of aliphatic hydroxyl groups is 1. The summed E-state index contributed by atoms with van der Waals surface area (Å²) in [6.45, 7) is 0.197. The second kappa shape index (κ2) is 7.72. The van der Waals surface area contributed by atoms with E-state index in [1.165, 1.54) is 0 Å². The van der Waals surface area contributed by atoms with E-state index in [4.69, 9.17) is 11.6 Å². The Labute approximate surface area is 152 Å². The number of benzene rings is 2. The molecule has 0 aliphatic carbocycles. The average Bonchev–Trinajstić information content (AvgIpc) is 2.95. The Morgan fingerprint density at radius 2 is 2.04 bits per heavy atom. The maximum Gasteiger partial charge on any atom is 0.220 e. The van der Waals surface area contributed by atoms with E-state index in [1.54, 1.807) is 0 Å². The Morgan fingerprint density at radius 3 is 2.84 bits per heavy atom. The fourth-order valence-electron chi connectivity index (χ4n) is 3.00. The first kappa shape index (κ1) is 17.5. The molecule has 0 radical (unpaired) electrons. The molecule has 2 N–H and O–H groups in total. The van der Waals surface area contributed by atoms with Crippen LogP contribution in [0.2, 0.25) is 5.02 Å². The molecule has 1 amide bonds. The number of carbonyl (C=O) groups excluding carboxylic acids is 1. The van der Waals surface area contributed by atoms with Crippen molar-refractivity contribution in [3.8, 4) is 0 Å². The van der Waals surface area contributed by atoms with E-state index in [0.29, 0.717) is 17.9 Å². The summed E-state index contributed by atoms with van der Waals surface area (Å²) in [6.07, 6.45) is 2.16. The van der Waals surface area contributed by atoms with Gasteiger partial charge >= 0.3 is 0 Å². The zero-order chi connectivity index (χ0) is 17.8. The summed E-state index contributed by atoms with van der Waals surface area (Å²) in [6, 6.07) is 15.4. The van der Waals surface area contributed by atoms with E-state index in [0.717, 1.165) is 22.0 Å². The monoisotopic (exact) mass is 356 g/mol. The van der Waals surface area contributed by atoms with Crippen molar-refractivity contribution in [1.82, 2.24) is 9.88 Å². The lowest BCUT2D eigenvalue weighted by Gasteiger charge is -2.11. The molecular formula is C20H21ClN2O2. The van der Waals surface area contributed by atoms with Crippen LogP contribution < -0.4 is 5.32 Å². The minimum absolute atomic E-state index is 0.0840. The van der Waals surface area contributed by atoms with Crippen molar-refractivity contribution in [1.29, 1.82) is 0 Å². The van der Waals surface area contributed by atoms with Gasteiger partial charge in [-0.05, 0) is 30.2 Å². The highest BCUT2D eigenvalue weighted by molar-refractivity contribution is 6.30. The van der Waals surface area contributed by atoms with Crippen molar-refractivity contribution >= 4 is 28.4 Å². The smallest absolute Gasteiger partial charge is 0.220 e. The molecule has 1 heterocycles. The second-order valence-electron chi connectivity index (χ2n) is 6.16. The number of amides is 1. The van der Waals surface area contributed by atoms with Crippen LogP contribution in [-0.2, 0) is 18.3 Å². The molecule has 0 bridgehead atoms. The van der Waals surface area contributed by atoms with Crippen LogP contribution in [0, 0.1) is 0 Å². The summed E-state index contributed by atoms with van der Waals surface area (Å²) < 4.78 is 1.98. The van der Waals surface area contributed by atoms with E-state index >= 15 is 0 Å². The average molecular weight is 357 g/mol. The molecule has 3 aromatic rings. The van der Waals surface area contributed by atoms with Gasteiger partial charge in [0.15, 0.2) is 0 Å². The van der Waals surface area contributed by atoms with Gasteiger partial charge in [-0.2, -0.15) is 0 Å². The lowest BCUT2D eigenvalue weighted by atomic mass is 10.1. The van der Waals surface area contributed by atoms with Crippen molar-refractivity contribution < 1.29 is 9.90 Å². The second-order valence-corrected chi connectivity index (χ2v) is 6.60. The molecule has 3 rings (SSSR count). The summed E-state index contributed by atoms with van der Waals surface area (Å²) in [5.74, 6) is -0.0840. The lowest BCUT2D eigenvalue weighted by molar-refractivity contribution is -0.121. The minimum Gasteiger partial charge on any atom is -0.386 e. The van der Waals surface area contributed by atoms with Gasteiger partial charge in [0.05, 0.1) is 6.10 Å². The van der Waals surface area contributed by atoms with Gasteiger partial charge in [0.25, 0.3) is 0 Å². The molecule has 1 unspecified atom stereocenters. The topological polar surface area (TPSA) is 54.3 Å². The van der Waals surface area contributed by atoms with Crippen molar-refractivity contribution in [3.05, 3.63) is 70.9 Å². The van der Waals surface area contributed by atoms with Gasteiger partial charge in [0.2, 0.25) is 5.91 Å². The van der Waals surface area contributed by atoms with E-state index in [1.807, 2.05) is 66.3 Å². The third-order valence-corrected chi connectivity index (χ3v) is 4.54. The number of hydrogen-bond acceptors (Lipinski definition) is 2. The first-order valence-electron chi connectivity index (χ1n) is 8.28. The van der Waals surface area contributed by atoms with E-state index < -0.39 is 6.10 Å². The zero-order valence-corrected chi connectivity index (χ0v) is 14.8. The molecule has 2 aromatic carbocycles. The fraction of sp³-hybridized carbons (Fsp3) is 0.250. The minimum atomic E-state index is -0.735. The van der Waals surface area contributed by atoms with Gasteiger partial charge in [0.1, 0.15) is 0 Å². The van der Waals surface area contributed by atoms with Crippen LogP contribution in [0.25, 0.3) is 10.9 Å². The number of nitrogens with one attached hydrogen (secondary N) is 1. The maximum absolute atomic E-state index is 12.0. The molecule has 0 spiro atoms. The molecule has 0 saturated carbocycles. The SMILES string of the molecule is Cn1cc(C(O)CNC(=O)CCc2cccc(Cl)c2)c2ccccc21. The van der Waals surface area contributed by atoms with Gasteiger partial charge < -0.3 is 15.0 Å². The summed E-state index contributed by atoms with van der Waals surface area (Å²) in [5, 5.41) is 14.9. The van der Waals surface area contributed by atoms with E-state index in [-0.39, 0.29) is 12.5 Å². The van der Waals surface area contributed by atoms with Crippen LogP contribution in [0.5, 0.6) is 0 Å². The molecule has 25 heavy (non-hydrogen) atoms. The molecule has 0 aliphatic rings. The highest BCUT2D eigenvalue weighted by Crippen LogP contribution is 2.25. The number of hydrogen-bond donors (Lipinski definition) is 2. The molecule has 5 heteroatoms. The lowest BCUT2D eigenvalue weighted by Crippen LogP contribution is -2.28. The first-order valence-corrected chi connectivity index (χ1v) is 8.65. The van der Waals surface area contributed by atoms with Gasteiger partial charge in [-0.1, -0.05) is 41.9 Å². The molecule has 4 nitrogen and oxygen atoms in total. The highest BCUT2D eigenvalue weighted by Gasteiger charge is 2.15. The molecule has 130 valence electrons. The van der Waals surface area contributed by atoms with Crippen molar-refractivity contribution in [2.24, 2.45) is 7.05 Å². The summed E-state index contributed by atoms with van der Waals surface area (Å²) in [7, 11) is 1.95. The highest BCUT2D eigenvalue weighted by atomic mass is 35.5. The largest absolute Gasteiger partial charge is 0.386 e. The number of nitrogens with zero attached hydrogens (tertiary/aromatic N) is 1. The summed E-state index contributed by atoms with van der Waals surface area (Å²) in [5.41, 5.74) is 2.91. The van der Waals surface area contributed by atoms with Crippen molar-refractivity contribution in [2.45, 2.75) is 18.9 Å². The molecule has 0 fully saturated rings. The normalized spacial score (nSPS) is 12.3. The van der Waals surface area contributed by atoms with Crippen LogP contribution in [0.4, 0.5) is 0 Å². The zero-order valence-electron chi connectivity index (χ0n) is 14.1. The number of aromatic nitrogens is 1. The molecule has 0 saturated heterocycles. The van der Waals surface area contributed by atoms with E-state index in [2.05, 4.69) is 5.32 Å². The number of aliphatic hydroxyl groups excluding tert-OH is 1. The Morgan fingerprint density at radius 1 is 1.24 bits per heavy atom. The van der Waals surface area contributed by atoms with Crippen molar-refractivity contribution in [3.63, 3.8) is 0 Å². The summed E-state index contributed by atoms with van der Waals surface area (Å²) in [4.78, 5) is 12.0. The third kappa shape index (κ3) is 4.21. The number of aryl methyl sites for hydroxylation is 2. The third-order valence-electron chi connectivity index (χ3n) is 4.31. The standard InChI is InChI=1S/C20H21ClN2O2/c1-23-13-17(16-7-2-3-8-18(16)23)19(24)12-22-20(25)10-9-14-5-4-6-15(21)11-14/h2-8,11,13,19,24H,9-10,12H2,1H3,(H,22,25). The van der Waals surface area contributed by atoms with Crippen LogP contribution in [0.3, 0.4) is 0 Å². The van der Waals surface area contributed by atoms with Crippen LogP contribution in [0.1, 0.15) is 23.7 Å². The van der Waals surface area contributed by atoms with Gasteiger partial charge in [-0.3, -0.25) is 4.79 Å². The Bertz CT molecular complexity index is 888. The predicted molar refractivity (Wildman–Crippen MR) is 101 cm³/mol. The number of carbonyl (C=O) groups is 1. The van der Waals surface area contributed by atoms with Gasteiger partial charge in [-0.25, -0.2) is 0 Å². The molecule has 1 atom stereocenters. The fourth-order valence-corrected chi connectivity index (χ4v) is 3.21. The van der Waals surface area contributed by atoms with Crippen LogP contribution in [0.15, 0.2) is 54.7 Å². The number of rotatable bonds is 6. The van der Waals surface area contributed by atoms with E-state index in [9.17, 15) is 9.90 Å².